The normalized spacial score (nSPS) is 27.1. The number of ketones is 1. The highest BCUT2D eigenvalue weighted by molar-refractivity contribution is 6.23. The lowest BCUT2D eigenvalue weighted by Crippen LogP contribution is -2.46. The number of allylic oxidation sites excluding steroid dienone is 2. The highest BCUT2D eigenvalue weighted by atomic mass is 16.7. The highest BCUT2D eigenvalue weighted by Crippen LogP contribution is 2.55. The summed E-state index contributed by atoms with van der Waals surface area (Å²) in [6.45, 7) is 14.9. The van der Waals surface area contributed by atoms with E-state index in [1.54, 1.807) is 39.8 Å². The molecule has 0 saturated heterocycles. The standard InChI is InChI=1S/C48H68N2O13/c1-11-12-13-14-15-16-17-18-23-61-49-25-33-38-43(56)36-35(42(33)55)37-45(31(7)41(36)54)63-48(9,46(37)57)60-24-22-34(59-10)28(4)44(62-32(8)51)30(6)40(53)29(5)39(52)26(2)20-19-21-27(3)47(58)50-38/h19-22,24-26,28-30,34,39-40,44,52-56H,11-18,23H2,1-10H3,(H,50,58)/t26-,28+,29-,30-,34+,39+,40-,44+,48+/m1/s1. The summed E-state index contributed by atoms with van der Waals surface area (Å²) in [7, 11) is 1.43. The monoisotopic (exact) mass is 880 g/mol. The fraction of sp³-hybridized carbons (Fsp3) is 0.583. The maximum absolute atomic E-state index is 14.4. The van der Waals surface area contributed by atoms with Gasteiger partial charge in [0.15, 0.2) is 5.75 Å². The predicted octanol–water partition coefficient (Wildman–Crippen LogP) is 8.25. The molecule has 0 saturated carbocycles. The zero-order valence-electron chi connectivity index (χ0n) is 38.4. The number of esters is 1. The van der Waals surface area contributed by atoms with E-state index in [0.29, 0.717) is 0 Å². The Morgan fingerprint density at radius 3 is 2.17 bits per heavy atom. The average molecular weight is 881 g/mol. The lowest BCUT2D eigenvalue weighted by atomic mass is 9.78. The summed E-state index contributed by atoms with van der Waals surface area (Å²) in [6.07, 6.45) is 13.3. The van der Waals surface area contributed by atoms with Gasteiger partial charge in [0.1, 0.15) is 30.0 Å². The fourth-order valence-corrected chi connectivity index (χ4v) is 8.32. The number of hydrogen-bond acceptors (Lipinski definition) is 14. The SMILES string of the molecule is CCCCCCCCCCON=Cc1c2c(O)c3c(O)c(C)c4c(c3c1O)C(=O)[C@@](C)(OC=C[C@H](OC)[C@H](C)[C@H](OC(C)=O)[C@H](C)[C@H](O)[C@H](C)[C@@H](O)[C@H](C)C=CC=C(C)C(=O)N2)O4. The number of aliphatic hydroxyl groups is 2. The third-order valence-corrected chi connectivity index (χ3v) is 12.4. The molecule has 0 radical (unpaired) electrons. The van der Waals surface area contributed by atoms with Crippen LogP contribution in [-0.2, 0) is 28.6 Å². The quantitative estimate of drug-likeness (QED) is 0.0279. The van der Waals surface area contributed by atoms with Crippen molar-refractivity contribution in [2.24, 2.45) is 28.8 Å². The first kappa shape index (κ1) is 50.5. The Labute approximate surface area is 370 Å². The molecule has 2 aromatic carbocycles. The number of phenols is 3. The van der Waals surface area contributed by atoms with Crippen LogP contribution in [0.1, 0.15) is 128 Å². The summed E-state index contributed by atoms with van der Waals surface area (Å²) in [5.41, 5.74) is -0.533. The second-order valence-electron chi connectivity index (χ2n) is 17.2. The van der Waals surface area contributed by atoms with E-state index in [0.717, 1.165) is 31.9 Å². The maximum atomic E-state index is 14.4. The largest absolute Gasteiger partial charge is 0.507 e. The summed E-state index contributed by atoms with van der Waals surface area (Å²) in [6, 6.07) is 0. The number of hydrogen-bond donors (Lipinski definition) is 6. The number of aliphatic hydroxyl groups excluding tert-OH is 2. The van der Waals surface area contributed by atoms with Gasteiger partial charge in [0.05, 0.1) is 53.0 Å². The number of aromatic hydroxyl groups is 3. The molecule has 0 unspecified atom stereocenters. The molecule has 0 fully saturated rings. The lowest BCUT2D eigenvalue weighted by molar-refractivity contribution is -0.160. The number of amides is 1. The Hall–Kier alpha value is -5.12. The molecule has 0 aliphatic carbocycles. The first-order valence-corrected chi connectivity index (χ1v) is 22.1. The number of carbonyl (C=O) groups excluding carboxylic acids is 3. The van der Waals surface area contributed by atoms with Gasteiger partial charge in [-0.15, -0.1) is 0 Å². The molecule has 15 heteroatoms. The van der Waals surface area contributed by atoms with E-state index in [1.807, 2.05) is 0 Å². The van der Waals surface area contributed by atoms with Gasteiger partial charge < -0.3 is 54.6 Å². The van der Waals surface area contributed by atoms with E-state index in [2.05, 4.69) is 17.4 Å². The number of benzene rings is 2. The van der Waals surface area contributed by atoms with Crippen molar-refractivity contribution >= 4 is 40.3 Å². The van der Waals surface area contributed by atoms with Crippen LogP contribution in [0.3, 0.4) is 0 Å². The molecule has 3 aliphatic heterocycles. The van der Waals surface area contributed by atoms with Crippen molar-refractivity contribution < 1.29 is 63.7 Å². The molecule has 63 heavy (non-hydrogen) atoms. The molecule has 0 spiro atoms. The molecule has 348 valence electrons. The lowest BCUT2D eigenvalue weighted by Gasteiger charge is -2.38. The number of nitrogens with one attached hydrogen (secondary N) is 1. The van der Waals surface area contributed by atoms with Crippen molar-refractivity contribution in [1.29, 1.82) is 0 Å². The number of phenolic OH excluding ortho intramolecular Hbond substituents is 3. The van der Waals surface area contributed by atoms with Crippen molar-refractivity contribution in [1.82, 2.24) is 0 Å². The van der Waals surface area contributed by atoms with Crippen molar-refractivity contribution in [2.75, 3.05) is 19.0 Å². The Morgan fingerprint density at radius 1 is 0.889 bits per heavy atom. The van der Waals surface area contributed by atoms with Gasteiger partial charge in [-0.1, -0.05) is 96.5 Å². The molecule has 9 atom stereocenters. The zero-order valence-corrected chi connectivity index (χ0v) is 38.4. The van der Waals surface area contributed by atoms with E-state index in [-0.39, 0.29) is 51.1 Å². The summed E-state index contributed by atoms with van der Waals surface area (Å²) in [4.78, 5) is 46.1. The zero-order chi connectivity index (χ0) is 46.8. The molecule has 3 heterocycles. The van der Waals surface area contributed by atoms with Gasteiger partial charge in [-0.25, -0.2) is 0 Å². The second-order valence-corrected chi connectivity index (χ2v) is 17.2. The van der Waals surface area contributed by atoms with E-state index in [1.165, 1.54) is 78.9 Å². The predicted molar refractivity (Wildman–Crippen MR) is 240 cm³/mol. The summed E-state index contributed by atoms with van der Waals surface area (Å²) < 4.78 is 23.6. The molecule has 0 aromatic heterocycles. The van der Waals surface area contributed by atoms with Crippen LogP contribution in [0.25, 0.3) is 10.8 Å². The smallest absolute Gasteiger partial charge is 0.312 e. The van der Waals surface area contributed by atoms with Crippen LogP contribution >= 0.6 is 0 Å². The van der Waals surface area contributed by atoms with Crippen LogP contribution in [0.4, 0.5) is 5.69 Å². The summed E-state index contributed by atoms with van der Waals surface area (Å²) in [5.74, 6) is -8.54. The Bertz CT molecular complexity index is 2080. The summed E-state index contributed by atoms with van der Waals surface area (Å²) >= 11 is 0. The number of nitrogens with zero attached hydrogens (tertiary/aromatic N) is 1. The van der Waals surface area contributed by atoms with Crippen molar-refractivity contribution in [3.05, 3.63) is 52.8 Å². The molecular weight excluding hydrogens is 813 g/mol. The van der Waals surface area contributed by atoms with Crippen LogP contribution in [-0.4, -0.2) is 93.3 Å². The molecule has 2 aromatic rings. The van der Waals surface area contributed by atoms with Crippen LogP contribution in [0.2, 0.25) is 0 Å². The Kier molecular flexibility index (Phi) is 18.0. The number of methoxy groups -OCH3 is 1. The van der Waals surface area contributed by atoms with E-state index >= 15 is 0 Å². The first-order chi connectivity index (χ1) is 29.8. The molecular formula is C48H68N2O13. The number of Topliss-reactive ketones (excluding diaryl/α,β-unsaturated/α-hetero) is 1. The third-order valence-electron chi connectivity index (χ3n) is 12.4. The number of anilines is 1. The maximum Gasteiger partial charge on any atom is 0.312 e. The first-order valence-electron chi connectivity index (χ1n) is 22.1. The van der Waals surface area contributed by atoms with Gasteiger partial charge in [0.25, 0.3) is 11.7 Å². The van der Waals surface area contributed by atoms with E-state index in [4.69, 9.17) is 23.8 Å². The number of carbonyl (C=O) groups is 3. The Morgan fingerprint density at radius 2 is 1.54 bits per heavy atom. The van der Waals surface area contributed by atoms with Gasteiger partial charge in [0.2, 0.25) is 0 Å². The molecule has 5 bridgehead atoms. The minimum absolute atomic E-state index is 0.0432. The van der Waals surface area contributed by atoms with Crippen LogP contribution in [0, 0.1) is 30.6 Å². The number of fused-ring (bicyclic) bond motifs is 14. The van der Waals surface area contributed by atoms with Gasteiger partial charge in [-0.2, -0.15) is 0 Å². The molecule has 5 rings (SSSR count). The number of unbranched alkanes of at least 4 members (excludes halogenated alkanes) is 7. The van der Waals surface area contributed by atoms with Crippen molar-refractivity contribution in [3.63, 3.8) is 0 Å². The van der Waals surface area contributed by atoms with Gasteiger partial charge >= 0.3 is 11.8 Å². The third kappa shape index (κ3) is 11.5. The highest BCUT2D eigenvalue weighted by Gasteiger charge is 2.50. The molecule has 1 amide bonds. The van der Waals surface area contributed by atoms with E-state index < -0.39 is 88.8 Å². The second kappa shape index (κ2) is 22.5. The van der Waals surface area contributed by atoms with Crippen LogP contribution in [0.5, 0.6) is 23.0 Å². The molecule has 6 N–H and O–H groups in total. The molecule has 3 aliphatic rings. The van der Waals surface area contributed by atoms with Gasteiger partial charge in [-0.05, 0) is 32.8 Å². The Balaban J connectivity index is 1.85. The summed E-state index contributed by atoms with van der Waals surface area (Å²) in [5, 5.41) is 64.5. The van der Waals surface area contributed by atoms with E-state index in [9.17, 15) is 39.9 Å². The number of ether oxygens (including phenoxy) is 4. The average Bonchev–Trinajstić information content (AvgIpc) is 3.51. The van der Waals surface area contributed by atoms with Crippen molar-refractivity contribution in [3.8, 4) is 23.0 Å². The van der Waals surface area contributed by atoms with Gasteiger partial charge in [0, 0.05) is 61.2 Å². The fourth-order valence-electron chi connectivity index (χ4n) is 8.32. The molecule has 15 nitrogen and oxygen atoms in total. The minimum Gasteiger partial charge on any atom is -0.507 e. The van der Waals surface area contributed by atoms with Gasteiger partial charge in [-0.3, -0.25) is 14.4 Å². The topological polar surface area (TPSA) is 223 Å². The number of oxime groups is 1. The van der Waals surface area contributed by atoms with Crippen LogP contribution < -0.4 is 10.1 Å². The minimum atomic E-state index is -2.06. The van der Waals surface area contributed by atoms with Crippen molar-refractivity contribution in [2.45, 2.75) is 144 Å². The number of rotatable bonds is 13. The van der Waals surface area contributed by atoms with Crippen LogP contribution in [0.15, 0.2) is 41.3 Å².